The van der Waals surface area contributed by atoms with Crippen LogP contribution < -0.4 is 19.5 Å². The first-order chi connectivity index (χ1) is 11.0. The van der Waals surface area contributed by atoms with Crippen molar-refractivity contribution in [1.82, 2.24) is 0 Å². The van der Waals surface area contributed by atoms with Gasteiger partial charge in [0, 0.05) is 3.57 Å². The number of aryl methyl sites for hydroxylation is 1. The normalized spacial score (nSPS) is 10.1. The molecule has 6 heteroatoms. The van der Waals surface area contributed by atoms with Crippen molar-refractivity contribution in [3.8, 4) is 17.2 Å². The second-order valence-corrected chi connectivity index (χ2v) is 6.01. The predicted octanol–water partition coefficient (Wildman–Crippen LogP) is 3.88. The lowest BCUT2D eigenvalue weighted by molar-refractivity contribution is 0.102. The van der Waals surface area contributed by atoms with Crippen molar-refractivity contribution in [2.24, 2.45) is 0 Å². The zero-order valence-electron chi connectivity index (χ0n) is 13.4. The van der Waals surface area contributed by atoms with Crippen molar-refractivity contribution in [2.75, 3.05) is 26.6 Å². The van der Waals surface area contributed by atoms with Gasteiger partial charge in [0.1, 0.15) is 5.75 Å². The monoisotopic (exact) mass is 427 g/mol. The van der Waals surface area contributed by atoms with E-state index in [1.165, 1.54) is 7.11 Å². The van der Waals surface area contributed by atoms with Crippen molar-refractivity contribution in [2.45, 2.75) is 6.92 Å². The molecule has 0 aliphatic heterocycles. The van der Waals surface area contributed by atoms with E-state index in [1.807, 2.05) is 25.1 Å². The smallest absolute Gasteiger partial charge is 0.256 e. The third-order valence-corrected chi connectivity index (χ3v) is 4.21. The number of hydrogen-bond acceptors (Lipinski definition) is 4. The summed E-state index contributed by atoms with van der Waals surface area (Å²) in [6.45, 7) is 1.95. The minimum atomic E-state index is -0.237. The molecule has 0 aromatic heterocycles. The van der Waals surface area contributed by atoms with E-state index >= 15 is 0 Å². The van der Waals surface area contributed by atoms with Gasteiger partial charge in [0.2, 0.25) is 0 Å². The highest BCUT2D eigenvalue weighted by atomic mass is 127. The maximum absolute atomic E-state index is 12.6. The van der Waals surface area contributed by atoms with E-state index in [-0.39, 0.29) is 5.91 Å². The molecule has 2 aromatic carbocycles. The fourth-order valence-electron chi connectivity index (χ4n) is 2.14. The number of hydrogen-bond donors (Lipinski definition) is 1. The average molecular weight is 427 g/mol. The number of ether oxygens (including phenoxy) is 3. The number of anilines is 1. The molecule has 0 aliphatic carbocycles. The van der Waals surface area contributed by atoms with Crippen molar-refractivity contribution >= 4 is 34.2 Å². The van der Waals surface area contributed by atoms with Crippen LogP contribution in [0.25, 0.3) is 0 Å². The molecule has 1 amide bonds. The molecule has 0 saturated carbocycles. The Hall–Kier alpha value is -1.96. The van der Waals surface area contributed by atoms with Crippen molar-refractivity contribution in [3.05, 3.63) is 45.0 Å². The Bertz CT molecular complexity index is 731. The molecule has 0 radical (unpaired) electrons. The van der Waals surface area contributed by atoms with Crippen LogP contribution in [0, 0.1) is 10.5 Å². The van der Waals surface area contributed by atoms with Gasteiger partial charge in [0.25, 0.3) is 5.91 Å². The zero-order chi connectivity index (χ0) is 17.0. The molecule has 2 rings (SSSR count). The predicted molar refractivity (Wildman–Crippen MR) is 97.9 cm³/mol. The fourth-order valence-corrected chi connectivity index (χ4v) is 2.82. The first kappa shape index (κ1) is 17.4. The summed E-state index contributed by atoms with van der Waals surface area (Å²) in [6, 6.07) is 9.05. The Balaban J connectivity index is 2.36. The first-order valence-electron chi connectivity index (χ1n) is 6.87. The molecule has 0 atom stereocenters. The third-order valence-electron chi connectivity index (χ3n) is 3.32. The van der Waals surface area contributed by atoms with Crippen LogP contribution in [0.1, 0.15) is 15.9 Å². The second-order valence-electron chi connectivity index (χ2n) is 4.84. The molecule has 0 heterocycles. The summed E-state index contributed by atoms with van der Waals surface area (Å²) in [5, 5.41) is 2.88. The molecule has 0 unspecified atom stereocenters. The van der Waals surface area contributed by atoms with E-state index < -0.39 is 0 Å². The molecule has 0 bridgehead atoms. The van der Waals surface area contributed by atoms with Gasteiger partial charge in [-0.2, -0.15) is 0 Å². The largest absolute Gasteiger partial charge is 0.495 e. The highest BCUT2D eigenvalue weighted by Crippen LogP contribution is 2.32. The molecule has 0 fully saturated rings. The summed E-state index contributed by atoms with van der Waals surface area (Å²) in [4.78, 5) is 12.6. The number of amides is 1. The number of nitrogens with one attached hydrogen (secondary N) is 1. The van der Waals surface area contributed by atoms with Gasteiger partial charge in [0.05, 0.1) is 32.6 Å². The highest BCUT2D eigenvalue weighted by Gasteiger charge is 2.17. The quantitative estimate of drug-likeness (QED) is 0.737. The summed E-state index contributed by atoms with van der Waals surface area (Å²) in [5.74, 6) is 1.47. The zero-order valence-corrected chi connectivity index (χ0v) is 15.6. The molecule has 5 nitrogen and oxygen atoms in total. The lowest BCUT2D eigenvalue weighted by Crippen LogP contribution is -2.14. The molecule has 0 saturated heterocycles. The Morgan fingerprint density at radius 3 is 2.17 bits per heavy atom. The summed E-state index contributed by atoms with van der Waals surface area (Å²) in [5.41, 5.74) is 2.16. The van der Waals surface area contributed by atoms with Crippen LogP contribution in [-0.2, 0) is 0 Å². The fraction of sp³-hybridized carbons (Fsp3) is 0.235. The van der Waals surface area contributed by atoms with Gasteiger partial charge >= 0.3 is 0 Å². The molecule has 0 aliphatic rings. The van der Waals surface area contributed by atoms with E-state index in [2.05, 4.69) is 27.9 Å². The van der Waals surface area contributed by atoms with Gasteiger partial charge in [-0.25, -0.2) is 0 Å². The SMILES string of the molecule is COc1ccc(C)cc1NC(=O)c1cc(OC)c(OC)cc1I. The maximum atomic E-state index is 12.6. The maximum Gasteiger partial charge on any atom is 0.256 e. The number of rotatable bonds is 5. The molecule has 23 heavy (non-hydrogen) atoms. The van der Waals surface area contributed by atoms with Crippen LogP contribution in [-0.4, -0.2) is 27.2 Å². The minimum Gasteiger partial charge on any atom is -0.495 e. The molecule has 0 spiro atoms. The number of halogens is 1. The number of carbonyl (C=O) groups excluding carboxylic acids is 1. The van der Waals surface area contributed by atoms with E-state index in [0.29, 0.717) is 28.5 Å². The lowest BCUT2D eigenvalue weighted by atomic mass is 10.1. The van der Waals surface area contributed by atoms with E-state index in [1.54, 1.807) is 26.4 Å². The van der Waals surface area contributed by atoms with Gasteiger partial charge in [-0.05, 0) is 59.3 Å². The van der Waals surface area contributed by atoms with Crippen LogP contribution in [0.3, 0.4) is 0 Å². The Morgan fingerprint density at radius 2 is 1.57 bits per heavy atom. The summed E-state index contributed by atoms with van der Waals surface area (Å²) in [6.07, 6.45) is 0. The van der Waals surface area contributed by atoms with Gasteiger partial charge in [-0.1, -0.05) is 6.07 Å². The van der Waals surface area contributed by atoms with E-state index in [0.717, 1.165) is 9.13 Å². The molecule has 2 aromatic rings. The van der Waals surface area contributed by atoms with Gasteiger partial charge < -0.3 is 19.5 Å². The van der Waals surface area contributed by atoms with Crippen molar-refractivity contribution in [3.63, 3.8) is 0 Å². The van der Waals surface area contributed by atoms with Crippen LogP contribution in [0.5, 0.6) is 17.2 Å². The number of carbonyl (C=O) groups is 1. The molecular formula is C17H18INO4. The standard InChI is InChI=1S/C17H18INO4/c1-10-5-6-14(21-2)13(7-10)19-17(20)11-8-15(22-3)16(23-4)9-12(11)18/h5-9H,1-4H3,(H,19,20). The van der Waals surface area contributed by atoms with Crippen LogP contribution in [0.4, 0.5) is 5.69 Å². The average Bonchev–Trinajstić information content (AvgIpc) is 2.54. The van der Waals surface area contributed by atoms with Gasteiger partial charge in [0.15, 0.2) is 11.5 Å². The second kappa shape index (κ2) is 7.54. The van der Waals surface area contributed by atoms with E-state index in [4.69, 9.17) is 14.2 Å². The van der Waals surface area contributed by atoms with Gasteiger partial charge in [-0.3, -0.25) is 4.79 Å². The first-order valence-corrected chi connectivity index (χ1v) is 7.95. The minimum absolute atomic E-state index is 0.237. The third kappa shape index (κ3) is 3.87. The van der Waals surface area contributed by atoms with E-state index in [9.17, 15) is 4.79 Å². The van der Waals surface area contributed by atoms with Crippen molar-refractivity contribution in [1.29, 1.82) is 0 Å². The lowest BCUT2D eigenvalue weighted by Gasteiger charge is -2.14. The molecule has 1 N–H and O–H groups in total. The number of methoxy groups -OCH3 is 3. The molecular weight excluding hydrogens is 409 g/mol. The van der Waals surface area contributed by atoms with Crippen LogP contribution >= 0.6 is 22.6 Å². The molecule has 122 valence electrons. The Kier molecular flexibility index (Phi) is 5.70. The highest BCUT2D eigenvalue weighted by molar-refractivity contribution is 14.1. The van der Waals surface area contributed by atoms with Gasteiger partial charge in [-0.15, -0.1) is 0 Å². The number of benzene rings is 2. The Labute approximate surface area is 149 Å². The van der Waals surface area contributed by atoms with Crippen molar-refractivity contribution < 1.29 is 19.0 Å². The van der Waals surface area contributed by atoms with Crippen LogP contribution in [0.15, 0.2) is 30.3 Å². The topological polar surface area (TPSA) is 56.8 Å². The van der Waals surface area contributed by atoms with Crippen LogP contribution in [0.2, 0.25) is 0 Å². The summed E-state index contributed by atoms with van der Waals surface area (Å²) < 4.78 is 16.6. The summed E-state index contributed by atoms with van der Waals surface area (Å²) >= 11 is 2.10. The Morgan fingerprint density at radius 1 is 0.957 bits per heavy atom. The summed E-state index contributed by atoms with van der Waals surface area (Å²) in [7, 11) is 4.67.